The molecule has 0 aliphatic heterocycles. The second kappa shape index (κ2) is 5.55. The second-order valence-electron chi connectivity index (χ2n) is 3.41. The van der Waals surface area contributed by atoms with Crippen molar-refractivity contribution in [2.45, 2.75) is 12.3 Å². The van der Waals surface area contributed by atoms with Crippen molar-refractivity contribution in [3.63, 3.8) is 0 Å². The number of benzene rings is 1. The van der Waals surface area contributed by atoms with E-state index in [0.29, 0.717) is 4.47 Å². The van der Waals surface area contributed by atoms with E-state index in [0.717, 1.165) is 6.07 Å². The number of phenolic OH excluding ortho intramolecular Hbond substituents is 1. The van der Waals surface area contributed by atoms with Crippen LogP contribution >= 0.6 is 15.9 Å². The summed E-state index contributed by atoms with van der Waals surface area (Å²) >= 11 is 2.97. The first-order valence-electron chi connectivity index (χ1n) is 4.66. The fraction of sp³-hybridized carbons (Fsp3) is 0.300. The lowest BCUT2D eigenvalue weighted by atomic mass is 10.2. The molecular weight excluding hydrogens is 322 g/mol. The molecule has 0 aliphatic rings. The molecule has 1 aromatic rings. The van der Waals surface area contributed by atoms with Crippen molar-refractivity contribution in [3.8, 4) is 5.75 Å². The lowest BCUT2D eigenvalue weighted by Gasteiger charge is -2.15. The van der Waals surface area contributed by atoms with Crippen LogP contribution in [0.3, 0.4) is 0 Å². The van der Waals surface area contributed by atoms with Crippen LogP contribution in [0, 0.1) is 0 Å². The van der Waals surface area contributed by atoms with Crippen LogP contribution in [0.1, 0.15) is 10.4 Å². The van der Waals surface area contributed by atoms with Crippen LogP contribution in [-0.4, -0.2) is 29.9 Å². The number of nitrogens with one attached hydrogen (secondary N) is 1. The molecule has 0 fully saturated rings. The van der Waals surface area contributed by atoms with Crippen LogP contribution < -0.4 is 5.32 Å². The van der Waals surface area contributed by atoms with E-state index >= 15 is 0 Å². The van der Waals surface area contributed by atoms with Crippen LogP contribution in [0.2, 0.25) is 0 Å². The summed E-state index contributed by atoms with van der Waals surface area (Å²) in [5, 5.41) is 10.9. The molecule has 3 nitrogen and oxygen atoms in total. The molecule has 0 aromatic heterocycles. The molecule has 1 aromatic carbocycles. The zero-order valence-electron chi connectivity index (χ0n) is 8.76. The first-order valence-corrected chi connectivity index (χ1v) is 5.46. The van der Waals surface area contributed by atoms with Gasteiger partial charge in [-0.3, -0.25) is 4.79 Å². The van der Waals surface area contributed by atoms with Crippen LogP contribution in [0.5, 0.6) is 5.75 Å². The number of carbonyl (C=O) groups excluding carboxylic acids is 1. The third-order valence-corrected chi connectivity index (χ3v) is 2.68. The van der Waals surface area contributed by atoms with Crippen molar-refractivity contribution in [1.82, 2.24) is 5.32 Å². The standard InChI is InChI=1S/C10H8BrF4NO2/c11-6-2-1-5(3-7(6)17)8(18)16-4-10(14,15)9(12)13/h1-3,9,17H,4H2,(H,16,18). The average Bonchev–Trinajstić information content (AvgIpc) is 2.29. The van der Waals surface area contributed by atoms with Crippen molar-refractivity contribution >= 4 is 21.8 Å². The molecule has 0 heterocycles. The molecule has 18 heavy (non-hydrogen) atoms. The SMILES string of the molecule is O=C(NCC(F)(F)C(F)F)c1ccc(Br)c(O)c1. The van der Waals surface area contributed by atoms with Crippen molar-refractivity contribution in [2.75, 3.05) is 6.54 Å². The quantitative estimate of drug-likeness (QED) is 0.834. The number of halogens is 5. The van der Waals surface area contributed by atoms with E-state index < -0.39 is 24.8 Å². The minimum Gasteiger partial charge on any atom is -0.507 e. The number of hydrogen-bond donors (Lipinski definition) is 2. The van der Waals surface area contributed by atoms with Gasteiger partial charge in [0.15, 0.2) is 0 Å². The van der Waals surface area contributed by atoms with Gasteiger partial charge in [-0.1, -0.05) is 0 Å². The van der Waals surface area contributed by atoms with E-state index in [1.165, 1.54) is 12.1 Å². The largest absolute Gasteiger partial charge is 0.507 e. The fourth-order valence-corrected chi connectivity index (χ4v) is 1.28. The molecule has 0 atom stereocenters. The van der Waals surface area contributed by atoms with Gasteiger partial charge in [-0.05, 0) is 34.1 Å². The number of amides is 1. The Kier molecular flexibility index (Phi) is 4.55. The molecule has 0 radical (unpaired) electrons. The van der Waals surface area contributed by atoms with E-state index in [1.54, 1.807) is 5.32 Å². The first-order chi connectivity index (χ1) is 8.24. The highest BCUT2D eigenvalue weighted by Crippen LogP contribution is 2.25. The number of phenols is 1. The maximum Gasteiger partial charge on any atom is 0.324 e. The van der Waals surface area contributed by atoms with Crippen molar-refractivity contribution in [3.05, 3.63) is 28.2 Å². The molecule has 0 saturated heterocycles. The zero-order valence-corrected chi connectivity index (χ0v) is 10.3. The van der Waals surface area contributed by atoms with Gasteiger partial charge in [0.2, 0.25) is 0 Å². The minimum absolute atomic E-state index is 0.110. The summed E-state index contributed by atoms with van der Waals surface area (Å²) in [6.45, 7) is -1.47. The highest BCUT2D eigenvalue weighted by molar-refractivity contribution is 9.10. The Morgan fingerprint density at radius 1 is 1.44 bits per heavy atom. The van der Waals surface area contributed by atoms with Gasteiger partial charge in [0.05, 0.1) is 11.0 Å². The topological polar surface area (TPSA) is 49.3 Å². The van der Waals surface area contributed by atoms with Crippen LogP contribution in [0.4, 0.5) is 17.6 Å². The van der Waals surface area contributed by atoms with Gasteiger partial charge < -0.3 is 10.4 Å². The average molecular weight is 330 g/mol. The molecule has 0 saturated carbocycles. The van der Waals surface area contributed by atoms with Gasteiger partial charge in [-0.2, -0.15) is 8.78 Å². The number of aromatic hydroxyl groups is 1. The van der Waals surface area contributed by atoms with E-state index in [4.69, 9.17) is 0 Å². The summed E-state index contributed by atoms with van der Waals surface area (Å²) in [4.78, 5) is 11.4. The highest BCUT2D eigenvalue weighted by atomic mass is 79.9. The first kappa shape index (κ1) is 14.7. The predicted octanol–water partition coefficient (Wildman–Crippen LogP) is 2.78. The van der Waals surface area contributed by atoms with Crippen LogP contribution in [-0.2, 0) is 0 Å². The van der Waals surface area contributed by atoms with Crippen LogP contribution in [0.25, 0.3) is 0 Å². The highest BCUT2D eigenvalue weighted by Gasteiger charge is 2.40. The van der Waals surface area contributed by atoms with Gasteiger partial charge in [0, 0.05) is 5.56 Å². The summed E-state index contributed by atoms with van der Waals surface area (Å²) in [5.74, 6) is -5.52. The van der Waals surface area contributed by atoms with Crippen LogP contribution in [0.15, 0.2) is 22.7 Å². The fourth-order valence-electron chi connectivity index (χ4n) is 1.03. The van der Waals surface area contributed by atoms with E-state index in [-0.39, 0.29) is 11.3 Å². The van der Waals surface area contributed by atoms with Gasteiger partial charge >= 0.3 is 12.3 Å². The number of alkyl halides is 4. The monoisotopic (exact) mass is 329 g/mol. The molecule has 1 amide bonds. The van der Waals surface area contributed by atoms with Crippen molar-refractivity contribution in [2.24, 2.45) is 0 Å². The molecule has 2 N–H and O–H groups in total. The van der Waals surface area contributed by atoms with Crippen molar-refractivity contribution < 1.29 is 27.5 Å². The van der Waals surface area contributed by atoms with E-state index in [2.05, 4.69) is 15.9 Å². The normalized spacial score (nSPS) is 11.7. The zero-order chi connectivity index (χ0) is 13.9. The Balaban J connectivity index is 2.69. The summed E-state index contributed by atoms with van der Waals surface area (Å²) in [5.41, 5.74) is -0.110. The van der Waals surface area contributed by atoms with Gasteiger partial charge in [0.1, 0.15) is 5.75 Å². The molecule has 0 unspecified atom stereocenters. The summed E-state index contributed by atoms with van der Waals surface area (Å²) < 4.78 is 49.1. The smallest absolute Gasteiger partial charge is 0.324 e. The Hall–Kier alpha value is -1.31. The lowest BCUT2D eigenvalue weighted by molar-refractivity contribution is -0.123. The van der Waals surface area contributed by atoms with E-state index in [9.17, 15) is 27.5 Å². The molecule has 0 bridgehead atoms. The Morgan fingerprint density at radius 2 is 2.06 bits per heavy atom. The van der Waals surface area contributed by atoms with E-state index in [1.807, 2.05) is 0 Å². The van der Waals surface area contributed by atoms with Gasteiger partial charge in [0.25, 0.3) is 5.91 Å². The number of rotatable bonds is 4. The third-order valence-electron chi connectivity index (χ3n) is 2.01. The molecule has 8 heteroatoms. The second-order valence-corrected chi connectivity index (χ2v) is 4.26. The Labute approximate surface area is 108 Å². The lowest BCUT2D eigenvalue weighted by Crippen LogP contribution is -2.41. The van der Waals surface area contributed by atoms with Gasteiger partial charge in [-0.15, -0.1) is 0 Å². The maximum absolute atomic E-state index is 12.5. The minimum atomic E-state index is -4.28. The predicted molar refractivity (Wildman–Crippen MR) is 59.1 cm³/mol. The summed E-state index contributed by atoms with van der Waals surface area (Å²) in [6, 6.07) is 3.61. The van der Waals surface area contributed by atoms with Crippen molar-refractivity contribution in [1.29, 1.82) is 0 Å². The maximum atomic E-state index is 12.5. The summed E-state index contributed by atoms with van der Waals surface area (Å²) in [7, 11) is 0. The van der Waals surface area contributed by atoms with Gasteiger partial charge in [-0.25, -0.2) is 8.78 Å². The molecule has 1 rings (SSSR count). The Morgan fingerprint density at radius 3 is 2.56 bits per heavy atom. The Bertz CT molecular complexity index is 454. The molecular formula is C10H8BrF4NO2. The third kappa shape index (κ3) is 3.59. The number of carbonyl (C=O) groups is 1. The summed E-state index contributed by atoms with van der Waals surface area (Å²) in [6.07, 6.45) is -3.85. The molecule has 0 spiro atoms. The molecule has 0 aliphatic carbocycles. The number of hydrogen-bond acceptors (Lipinski definition) is 2. The molecule has 100 valence electrons.